The number of aromatic nitrogens is 3. The molecule has 0 unspecified atom stereocenters. The molecule has 0 aliphatic carbocycles. The Bertz CT molecular complexity index is 638. The molecule has 0 bridgehead atoms. The van der Waals surface area contributed by atoms with E-state index in [1.54, 1.807) is 0 Å². The molecule has 5 nitrogen and oxygen atoms in total. The second-order valence-electron chi connectivity index (χ2n) is 3.98. The van der Waals surface area contributed by atoms with E-state index in [0.29, 0.717) is 17.7 Å². The first-order chi connectivity index (χ1) is 8.15. The van der Waals surface area contributed by atoms with Gasteiger partial charge in [-0.25, -0.2) is 4.79 Å². The summed E-state index contributed by atoms with van der Waals surface area (Å²) in [4.78, 5) is 29.0. The molecule has 0 atom stereocenters. The number of nitrogens with zero attached hydrogens (tertiary/aromatic N) is 1. The maximum absolute atomic E-state index is 11.9. The van der Waals surface area contributed by atoms with E-state index >= 15 is 0 Å². The second-order valence-corrected chi connectivity index (χ2v) is 4.39. The number of aromatic amines is 2. The Morgan fingerprint density at radius 3 is 2.82 bits per heavy atom. The summed E-state index contributed by atoms with van der Waals surface area (Å²) in [5.74, 6) is 0. The number of nitrogens with one attached hydrogen (secondary N) is 2. The third-order valence-corrected chi connectivity index (χ3v) is 3.03. The quantitative estimate of drug-likeness (QED) is 0.819. The maximum atomic E-state index is 11.9. The van der Waals surface area contributed by atoms with Gasteiger partial charge in [-0.05, 0) is 6.42 Å². The highest BCUT2D eigenvalue weighted by Gasteiger charge is 2.12. The lowest BCUT2D eigenvalue weighted by Crippen LogP contribution is -2.19. The highest BCUT2D eigenvalue weighted by Crippen LogP contribution is 2.08. The van der Waals surface area contributed by atoms with Crippen molar-refractivity contribution in [3.8, 4) is 0 Å². The molecule has 2 heterocycles. The molecule has 0 amide bonds. The van der Waals surface area contributed by atoms with Gasteiger partial charge >= 0.3 is 5.69 Å². The van der Waals surface area contributed by atoms with Gasteiger partial charge in [0.25, 0.3) is 0 Å². The van der Waals surface area contributed by atoms with Crippen molar-refractivity contribution in [2.75, 3.05) is 0 Å². The fourth-order valence-electron chi connectivity index (χ4n) is 1.86. The Morgan fingerprint density at radius 2 is 2.12 bits per heavy atom. The van der Waals surface area contributed by atoms with Crippen molar-refractivity contribution in [2.45, 2.75) is 32.7 Å². The summed E-state index contributed by atoms with van der Waals surface area (Å²) in [6.07, 6.45) is 4.35. The normalized spacial score (nSPS) is 11.2. The number of fused-ring (bicyclic) bond motifs is 1. The first-order valence-electron chi connectivity index (χ1n) is 5.65. The molecule has 0 fully saturated rings. The fourth-order valence-corrected chi connectivity index (χ4v) is 2.00. The highest BCUT2D eigenvalue weighted by molar-refractivity contribution is 6.30. The van der Waals surface area contributed by atoms with Gasteiger partial charge in [-0.2, -0.15) is 0 Å². The smallest absolute Gasteiger partial charge is 0.327 e. The topological polar surface area (TPSA) is 70.7 Å². The lowest BCUT2D eigenvalue weighted by Gasteiger charge is -2.01. The number of hydrogen-bond acceptors (Lipinski definition) is 2. The third kappa shape index (κ3) is 2.15. The molecule has 2 aromatic rings. The average Bonchev–Trinajstić information content (AvgIpc) is 2.62. The zero-order valence-corrected chi connectivity index (χ0v) is 10.3. The molecule has 0 saturated carbocycles. The van der Waals surface area contributed by atoms with Crippen molar-refractivity contribution < 1.29 is 0 Å². The van der Waals surface area contributed by atoms with E-state index in [1.165, 1.54) is 10.8 Å². The van der Waals surface area contributed by atoms with Gasteiger partial charge in [0.2, 0.25) is 5.43 Å². The maximum Gasteiger partial charge on any atom is 0.327 e. The van der Waals surface area contributed by atoms with E-state index in [1.807, 2.05) is 0 Å². The SMILES string of the molecule is CCCCCn1c(=O)[nH]c2[nH]cc(Cl)c(=O)c21. The third-order valence-electron chi connectivity index (χ3n) is 2.74. The van der Waals surface area contributed by atoms with Crippen LogP contribution in [-0.4, -0.2) is 14.5 Å². The Morgan fingerprint density at radius 1 is 1.35 bits per heavy atom. The zero-order chi connectivity index (χ0) is 12.4. The van der Waals surface area contributed by atoms with E-state index in [2.05, 4.69) is 16.9 Å². The molecule has 2 rings (SSSR count). The Hall–Kier alpha value is -1.49. The van der Waals surface area contributed by atoms with Crippen molar-refractivity contribution in [1.29, 1.82) is 0 Å². The number of rotatable bonds is 4. The molecule has 0 saturated heterocycles. The molecule has 0 radical (unpaired) electrons. The van der Waals surface area contributed by atoms with Crippen molar-refractivity contribution in [3.63, 3.8) is 0 Å². The van der Waals surface area contributed by atoms with Crippen LogP contribution < -0.4 is 11.1 Å². The summed E-state index contributed by atoms with van der Waals surface area (Å²) in [5.41, 5.74) is 0.182. The van der Waals surface area contributed by atoms with Gasteiger partial charge in [-0.3, -0.25) is 14.3 Å². The van der Waals surface area contributed by atoms with Crippen molar-refractivity contribution in [1.82, 2.24) is 14.5 Å². The van der Waals surface area contributed by atoms with Crippen LogP contribution in [0.4, 0.5) is 0 Å². The number of aryl methyl sites for hydroxylation is 1. The molecular weight excluding hydrogens is 242 g/mol. The van der Waals surface area contributed by atoms with Gasteiger partial charge < -0.3 is 4.98 Å². The van der Waals surface area contributed by atoms with Gasteiger partial charge in [-0.1, -0.05) is 31.4 Å². The van der Waals surface area contributed by atoms with Crippen molar-refractivity contribution in [2.24, 2.45) is 0 Å². The lowest BCUT2D eigenvalue weighted by atomic mass is 10.2. The number of hydrogen-bond donors (Lipinski definition) is 2. The molecule has 0 aliphatic heterocycles. The molecule has 2 N–H and O–H groups in total. The van der Waals surface area contributed by atoms with Crippen LogP contribution in [0, 0.1) is 0 Å². The van der Waals surface area contributed by atoms with Crippen LogP contribution >= 0.6 is 11.6 Å². The molecule has 0 aliphatic rings. The summed E-state index contributed by atoms with van der Waals surface area (Å²) in [6.45, 7) is 2.62. The van der Waals surface area contributed by atoms with E-state index in [-0.39, 0.29) is 16.1 Å². The molecule has 17 heavy (non-hydrogen) atoms. The van der Waals surface area contributed by atoms with E-state index < -0.39 is 0 Å². The van der Waals surface area contributed by atoms with Crippen LogP contribution in [0.2, 0.25) is 5.02 Å². The minimum absolute atomic E-state index is 0.0979. The summed E-state index contributed by atoms with van der Waals surface area (Å²) in [6, 6.07) is 0. The van der Waals surface area contributed by atoms with Gasteiger partial charge in [-0.15, -0.1) is 0 Å². The van der Waals surface area contributed by atoms with Crippen LogP contribution in [-0.2, 0) is 6.54 Å². The summed E-state index contributed by atoms with van der Waals surface area (Å²) in [5, 5.41) is 0.0979. The Kier molecular flexibility index (Phi) is 3.38. The van der Waals surface area contributed by atoms with Crippen molar-refractivity contribution >= 4 is 22.8 Å². The number of halogens is 1. The molecule has 0 aromatic carbocycles. The van der Waals surface area contributed by atoms with Gasteiger partial charge in [0.15, 0.2) is 0 Å². The molecular formula is C11H14ClN3O2. The fraction of sp³-hybridized carbons (Fsp3) is 0.455. The van der Waals surface area contributed by atoms with E-state index in [9.17, 15) is 9.59 Å². The number of pyridine rings is 1. The van der Waals surface area contributed by atoms with Gasteiger partial charge in [0.05, 0.1) is 0 Å². The second kappa shape index (κ2) is 4.79. The zero-order valence-electron chi connectivity index (χ0n) is 9.55. The highest BCUT2D eigenvalue weighted by atomic mass is 35.5. The minimum Gasteiger partial charge on any atom is -0.345 e. The molecule has 0 spiro atoms. The number of unbranched alkanes of at least 4 members (excludes halogenated alkanes) is 2. The molecule has 6 heteroatoms. The van der Waals surface area contributed by atoms with E-state index in [4.69, 9.17) is 11.6 Å². The Labute approximate surface area is 102 Å². The Balaban J connectivity index is 2.54. The predicted molar refractivity (Wildman–Crippen MR) is 67.7 cm³/mol. The molecule has 92 valence electrons. The van der Waals surface area contributed by atoms with Crippen molar-refractivity contribution in [3.05, 3.63) is 31.9 Å². The predicted octanol–water partition coefficient (Wildman–Crippen LogP) is 1.86. The van der Waals surface area contributed by atoms with Gasteiger partial charge in [0, 0.05) is 12.7 Å². The monoisotopic (exact) mass is 255 g/mol. The first-order valence-corrected chi connectivity index (χ1v) is 6.02. The summed E-state index contributed by atoms with van der Waals surface area (Å²) < 4.78 is 1.45. The number of imidazole rings is 1. The lowest BCUT2D eigenvalue weighted by molar-refractivity contribution is 0.600. The average molecular weight is 256 g/mol. The molecule has 2 aromatic heterocycles. The van der Waals surface area contributed by atoms with Gasteiger partial charge in [0.1, 0.15) is 16.2 Å². The van der Waals surface area contributed by atoms with E-state index in [0.717, 1.165) is 19.3 Å². The largest absolute Gasteiger partial charge is 0.345 e. The van der Waals surface area contributed by atoms with Crippen LogP contribution in [0.1, 0.15) is 26.2 Å². The summed E-state index contributed by atoms with van der Waals surface area (Å²) >= 11 is 5.76. The van der Waals surface area contributed by atoms with Crippen LogP contribution in [0.25, 0.3) is 11.2 Å². The summed E-state index contributed by atoms with van der Waals surface area (Å²) in [7, 11) is 0. The standard InChI is InChI=1S/C11H14ClN3O2/c1-2-3-4-5-15-8-9(16)7(12)6-13-10(8)14-11(15)17/h6H,2-5H2,1H3,(H2,13,14,16,17). The van der Waals surface area contributed by atoms with Crippen LogP contribution in [0.15, 0.2) is 15.8 Å². The minimum atomic E-state index is -0.310. The van der Waals surface area contributed by atoms with Crippen LogP contribution in [0.5, 0.6) is 0 Å². The van der Waals surface area contributed by atoms with Crippen LogP contribution in [0.3, 0.4) is 0 Å². The number of H-pyrrole nitrogens is 2. The first kappa shape index (κ1) is 12.0.